The normalized spacial score (nSPS) is 11.7. The Kier molecular flexibility index (Phi) is 7.11. The Labute approximate surface area is 217 Å². The van der Waals surface area contributed by atoms with E-state index >= 15 is 0 Å². The molecule has 5 rings (SSSR count). The molecule has 0 radical (unpaired) electrons. The number of carbonyl (C=O) groups is 2. The molecule has 4 aromatic carbocycles. The minimum absolute atomic E-state index is 0.153. The van der Waals surface area contributed by atoms with Gasteiger partial charge in [-0.05, 0) is 55.0 Å². The van der Waals surface area contributed by atoms with E-state index in [2.05, 4.69) is 15.6 Å². The molecule has 0 saturated carbocycles. The van der Waals surface area contributed by atoms with E-state index in [1.54, 1.807) is 12.1 Å². The molecule has 2 amide bonds. The van der Waals surface area contributed by atoms with Gasteiger partial charge in [-0.2, -0.15) is 0 Å². The fourth-order valence-corrected chi connectivity index (χ4v) is 5.64. The highest BCUT2D eigenvalue weighted by Gasteiger charge is 2.23. The van der Waals surface area contributed by atoms with Crippen LogP contribution in [-0.2, 0) is 4.79 Å². The molecule has 1 heterocycles. The first-order valence-corrected chi connectivity index (χ1v) is 13.1. The largest absolute Gasteiger partial charge is 0.322 e. The van der Waals surface area contributed by atoms with E-state index in [1.165, 1.54) is 23.1 Å². The summed E-state index contributed by atoms with van der Waals surface area (Å²) in [5.41, 5.74) is 4.11. The first-order chi connectivity index (χ1) is 17.5. The Morgan fingerprint density at radius 3 is 2.36 bits per heavy atom. The summed E-state index contributed by atoms with van der Waals surface area (Å²) < 4.78 is 1.02. The molecule has 5 aromatic rings. The summed E-state index contributed by atoms with van der Waals surface area (Å²) in [7, 11) is 0. The van der Waals surface area contributed by atoms with E-state index in [0.29, 0.717) is 16.4 Å². The molecule has 1 unspecified atom stereocenters. The Hall–Kier alpha value is -3.94. The molecule has 36 heavy (non-hydrogen) atoms. The molecule has 0 fully saturated rings. The van der Waals surface area contributed by atoms with Crippen LogP contribution in [0.1, 0.15) is 26.7 Å². The summed E-state index contributed by atoms with van der Waals surface area (Å²) in [5, 5.41) is 6.03. The van der Waals surface area contributed by atoms with Gasteiger partial charge in [-0.25, -0.2) is 4.98 Å². The highest BCUT2D eigenvalue weighted by atomic mass is 32.2. The number of amides is 2. The number of hydrogen-bond acceptors (Lipinski definition) is 5. The van der Waals surface area contributed by atoms with Crippen LogP contribution in [0.2, 0.25) is 0 Å². The number of thioether (sulfide) groups is 1. The summed E-state index contributed by atoms with van der Waals surface area (Å²) in [6.45, 7) is 1.98. The van der Waals surface area contributed by atoms with Gasteiger partial charge >= 0.3 is 0 Å². The van der Waals surface area contributed by atoms with Gasteiger partial charge in [-0.1, -0.05) is 77.6 Å². The van der Waals surface area contributed by atoms with Crippen molar-refractivity contribution in [3.63, 3.8) is 0 Å². The third-order valence-corrected chi connectivity index (χ3v) is 7.72. The van der Waals surface area contributed by atoms with Crippen molar-refractivity contribution in [2.75, 3.05) is 10.6 Å². The third kappa shape index (κ3) is 5.64. The van der Waals surface area contributed by atoms with Crippen LogP contribution >= 0.6 is 23.1 Å². The molecule has 1 aromatic heterocycles. The molecule has 0 spiro atoms. The second kappa shape index (κ2) is 10.8. The molecule has 7 heteroatoms. The molecule has 178 valence electrons. The quantitative estimate of drug-likeness (QED) is 0.225. The lowest BCUT2D eigenvalue weighted by atomic mass is 10.1. The van der Waals surface area contributed by atoms with Gasteiger partial charge < -0.3 is 10.6 Å². The second-order valence-corrected chi connectivity index (χ2v) is 10.4. The van der Waals surface area contributed by atoms with Crippen LogP contribution in [0.25, 0.3) is 10.2 Å². The van der Waals surface area contributed by atoms with Crippen molar-refractivity contribution < 1.29 is 9.59 Å². The summed E-state index contributed by atoms with van der Waals surface area (Å²) >= 11 is 2.88. The number of rotatable bonds is 7. The number of benzene rings is 4. The van der Waals surface area contributed by atoms with E-state index in [0.717, 1.165) is 26.2 Å². The Balaban J connectivity index is 1.36. The van der Waals surface area contributed by atoms with Crippen LogP contribution in [0.5, 0.6) is 0 Å². The number of thiazole rings is 1. The van der Waals surface area contributed by atoms with Crippen LogP contribution < -0.4 is 10.6 Å². The van der Waals surface area contributed by atoms with E-state index in [4.69, 9.17) is 0 Å². The maximum Gasteiger partial charge on any atom is 0.255 e. The number of nitrogens with one attached hydrogen (secondary N) is 2. The first kappa shape index (κ1) is 23.8. The van der Waals surface area contributed by atoms with E-state index in [1.807, 2.05) is 97.9 Å². The van der Waals surface area contributed by atoms with Crippen molar-refractivity contribution >= 4 is 55.9 Å². The van der Waals surface area contributed by atoms with Crippen LogP contribution in [0.15, 0.2) is 108 Å². The Morgan fingerprint density at radius 2 is 1.58 bits per heavy atom. The topological polar surface area (TPSA) is 71.1 Å². The molecular formula is C29H23N3O2S2. The van der Waals surface area contributed by atoms with E-state index < -0.39 is 5.25 Å². The fraction of sp³-hybridized carbons (Fsp3) is 0.0690. The highest BCUT2D eigenvalue weighted by molar-refractivity contribution is 8.00. The highest BCUT2D eigenvalue weighted by Crippen LogP contribution is 2.38. The average molecular weight is 510 g/mol. The monoisotopic (exact) mass is 509 g/mol. The van der Waals surface area contributed by atoms with Crippen molar-refractivity contribution in [3.8, 4) is 0 Å². The summed E-state index contributed by atoms with van der Waals surface area (Å²) in [5.74, 6) is -0.329. The van der Waals surface area contributed by atoms with Crippen LogP contribution in [0.3, 0.4) is 0 Å². The smallest absolute Gasteiger partial charge is 0.255 e. The standard InChI is InChI=1S/C29H23N3O2S2/c1-19-14-16-21(17-15-19)27(33)30-22-10-7-11-23(18-22)35-26(20-8-3-2-4-9-20)28(34)32-29-31-24-12-5-6-13-25(24)36-29/h2-18,26H,1H3,(H,30,33)(H,31,32,34). The predicted octanol–water partition coefficient (Wildman–Crippen LogP) is 7.33. The number of nitrogens with zero attached hydrogens (tertiary/aromatic N) is 1. The number of anilines is 2. The fourth-order valence-electron chi connectivity index (χ4n) is 3.69. The molecule has 0 bridgehead atoms. The summed E-state index contributed by atoms with van der Waals surface area (Å²) in [6, 6.07) is 32.4. The Morgan fingerprint density at radius 1 is 0.833 bits per heavy atom. The van der Waals surface area contributed by atoms with Crippen molar-refractivity contribution in [1.82, 2.24) is 4.98 Å². The minimum atomic E-state index is -0.499. The lowest BCUT2D eigenvalue weighted by molar-refractivity contribution is -0.115. The number of aryl methyl sites for hydroxylation is 1. The lowest BCUT2D eigenvalue weighted by Gasteiger charge is -2.17. The van der Waals surface area contributed by atoms with Crippen molar-refractivity contribution in [2.45, 2.75) is 17.1 Å². The SMILES string of the molecule is Cc1ccc(C(=O)Nc2cccc(SC(C(=O)Nc3nc4ccccc4s3)c3ccccc3)c2)cc1. The van der Waals surface area contributed by atoms with Gasteiger partial charge in [0, 0.05) is 16.1 Å². The maximum atomic E-state index is 13.4. The average Bonchev–Trinajstić information content (AvgIpc) is 3.30. The van der Waals surface area contributed by atoms with Gasteiger partial charge in [0.2, 0.25) is 5.91 Å². The number of aromatic nitrogens is 1. The Bertz CT molecular complexity index is 1480. The van der Waals surface area contributed by atoms with Crippen LogP contribution in [0, 0.1) is 6.92 Å². The van der Waals surface area contributed by atoms with Gasteiger partial charge in [0.1, 0.15) is 5.25 Å². The number of para-hydroxylation sites is 1. The molecule has 0 aliphatic rings. The van der Waals surface area contributed by atoms with Gasteiger partial charge in [0.15, 0.2) is 5.13 Å². The number of hydrogen-bond donors (Lipinski definition) is 2. The van der Waals surface area contributed by atoms with Crippen molar-refractivity contribution in [2.24, 2.45) is 0 Å². The molecule has 1 atom stereocenters. The van der Waals surface area contributed by atoms with E-state index in [-0.39, 0.29) is 11.8 Å². The zero-order valence-corrected chi connectivity index (χ0v) is 21.1. The predicted molar refractivity (Wildman–Crippen MR) is 149 cm³/mol. The van der Waals surface area contributed by atoms with Crippen LogP contribution in [0.4, 0.5) is 10.8 Å². The summed E-state index contributed by atoms with van der Waals surface area (Å²) in [6.07, 6.45) is 0. The van der Waals surface area contributed by atoms with Crippen molar-refractivity contribution in [1.29, 1.82) is 0 Å². The maximum absolute atomic E-state index is 13.4. The van der Waals surface area contributed by atoms with E-state index in [9.17, 15) is 9.59 Å². The molecule has 0 aliphatic heterocycles. The van der Waals surface area contributed by atoms with Gasteiger partial charge in [-0.15, -0.1) is 11.8 Å². The molecule has 2 N–H and O–H groups in total. The molecule has 5 nitrogen and oxygen atoms in total. The molecule has 0 aliphatic carbocycles. The summed E-state index contributed by atoms with van der Waals surface area (Å²) in [4.78, 5) is 31.5. The lowest BCUT2D eigenvalue weighted by Crippen LogP contribution is -2.19. The second-order valence-electron chi connectivity index (χ2n) is 8.23. The zero-order chi connectivity index (χ0) is 24.9. The molecular weight excluding hydrogens is 486 g/mol. The molecule has 0 saturated heterocycles. The van der Waals surface area contributed by atoms with Gasteiger partial charge in [-0.3, -0.25) is 9.59 Å². The van der Waals surface area contributed by atoms with Crippen molar-refractivity contribution in [3.05, 3.63) is 120 Å². The number of fused-ring (bicyclic) bond motifs is 1. The number of carbonyl (C=O) groups excluding carboxylic acids is 2. The third-order valence-electron chi connectivity index (χ3n) is 5.52. The van der Waals surface area contributed by atoms with Crippen LogP contribution in [-0.4, -0.2) is 16.8 Å². The van der Waals surface area contributed by atoms with Gasteiger partial charge in [0.25, 0.3) is 5.91 Å². The zero-order valence-electron chi connectivity index (χ0n) is 19.5. The van der Waals surface area contributed by atoms with Gasteiger partial charge in [0.05, 0.1) is 10.2 Å². The first-order valence-electron chi connectivity index (χ1n) is 11.4. The minimum Gasteiger partial charge on any atom is -0.322 e.